The van der Waals surface area contributed by atoms with Crippen molar-refractivity contribution in [2.45, 2.75) is 51.3 Å². The molecule has 3 aliphatic rings. The van der Waals surface area contributed by atoms with Crippen LogP contribution in [0.2, 0.25) is 0 Å². The van der Waals surface area contributed by atoms with Crippen molar-refractivity contribution in [3.8, 4) is 0 Å². The fourth-order valence-electron chi connectivity index (χ4n) is 4.22. The molecule has 0 radical (unpaired) electrons. The number of halogens is 1. The molecule has 3 rings (SSSR count). The molecule has 3 atom stereocenters. The van der Waals surface area contributed by atoms with Gasteiger partial charge >= 0.3 is 0 Å². The van der Waals surface area contributed by atoms with Crippen LogP contribution >= 0.6 is 24.0 Å². The first kappa shape index (κ1) is 21.7. The molecule has 0 bridgehead atoms. The number of carbonyl (C=O) groups excluding carboxylic acids is 1. The monoisotopic (exact) mass is 480 g/mol. The maximum absolute atomic E-state index is 11.9. The van der Waals surface area contributed by atoms with Gasteiger partial charge in [0.05, 0.1) is 6.10 Å². The molecule has 2 heterocycles. The van der Waals surface area contributed by atoms with Crippen molar-refractivity contribution in [3.63, 3.8) is 0 Å². The number of hydrogen-bond acceptors (Lipinski definition) is 4. The molecule has 3 fully saturated rings. The third-order valence-electron chi connectivity index (χ3n) is 5.83. The fourth-order valence-corrected chi connectivity index (χ4v) is 4.22. The third-order valence-corrected chi connectivity index (χ3v) is 5.83. The summed E-state index contributed by atoms with van der Waals surface area (Å²) in [6.45, 7) is 7.03. The van der Waals surface area contributed by atoms with Gasteiger partial charge in [-0.2, -0.15) is 0 Å². The smallest absolute Gasteiger partial charge is 0.243 e. The van der Waals surface area contributed by atoms with Gasteiger partial charge in [-0.3, -0.25) is 4.79 Å². The number of fused-ring (bicyclic) bond motifs is 1. The van der Waals surface area contributed by atoms with Crippen molar-refractivity contribution in [3.05, 3.63) is 0 Å². The molecule has 1 aliphatic carbocycles. The average Bonchev–Trinajstić information content (AvgIpc) is 3.04. The van der Waals surface area contributed by atoms with Crippen LogP contribution in [0, 0.1) is 11.3 Å². The number of aliphatic imine (C=N–C) groups is 1. The molecule has 7 nitrogen and oxygen atoms in total. The number of hydrogen-bond donors (Lipinski definition) is 2. The van der Waals surface area contributed by atoms with E-state index in [1.54, 1.807) is 19.0 Å². The van der Waals surface area contributed by atoms with Crippen LogP contribution in [0.15, 0.2) is 4.99 Å². The van der Waals surface area contributed by atoms with Crippen LogP contribution in [-0.4, -0.2) is 75.4 Å². The average molecular weight is 480 g/mol. The van der Waals surface area contributed by atoms with E-state index >= 15 is 0 Å². The Morgan fingerprint density at radius 3 is 2.50 bits per heavy atom. The Balaban J connectivity index is 0.00000243. The van der Waals surface area contributed by atoms with E-state index in [0.717, 1.165) is 45.0 Å². The van der Waals surface area contributed by atoms with Gasteiger partial charge in [0.25, 0.3) is 0 Å². The zero-order valence-corrected chi connectivity index (χ0v) is 18.6. The molecule has 26 heavy (non-hydrogen) atoms. The summed E-state index contributed by atoms with van der Waals surface area (Å²) in [7, 11) is 3.51. The van der Waals surface area contributed by atoms with Gasteiger partial charge < -0.3 is 25.0 Å². The molecule has 0 spiro atoms. The van der Waals surface area contributed by atoms with Crippen molar-refractivity contribution >= 4 is 35.8 Å². The minimum absolute atomic E-state index is 0. The van der Waals surface area contributed by atoms with Gasteiger partial charge in [-0.15, -0.1) is 24.0 Å². The van der Waals surface area contributed by atoms with Gasteiger partial charge in [-0.1, -0.05) is 13.8 Å². The molecule has 3 unspecified atom stereocenters. The van der Waals surface area contributed by atoms with Crippen LogP contribution in [0.5, 0.6) is 0 Å². The van der Waals surface area contributed by atoms with Crippen LogP contribution in [0.3, 0.4) is 0 Å². The summed E-state index contributed by atoms with van der Waals surface area (Å²) >= 11 is 0. The van der Waals surface area contributed by atoms with Crippen LogP contribution in [-0.2, 0) is 14.3 Å². The number of ether oxygens (including phenoxy) is 2. The molecule has 2 N–H and O–H groups in total. The van der Waals surface area contributed by atoms with E-state index in [1.165, 1.54) is 0 Å². The molecule has 2 aliphatic heterocycles. The van der Waals surface area contributed by atoms with Crippen LogP contribution in [0.4, 0.5) is 0 Å². The lowest BCUT2D eigenvalue weighted by molar-refractivity contribution is -0.127. The van der Waals surface area contributed by atoms with E-state index in [9.17, 15) is 4.79 Å². The summed E-state index contributed by atoms with van der Waals surface area (Å²) in [6, 6.07) is 0.661. The number of nitrogens with one attached hydrogen (secondary N) is 2. The highest BCUT2D eigenvalue weighted by molar-refractivity contribution is 14.0. The Kier molecular flexibility index (Phi) is 7.55. The van der Waals surface area contributed by atoms with Gasteiger partial charge in [0.2, 0.25) is 5.91 Å². The van der Waals surface area contributed by atoms with Crippen molar-refractivity contribution in [2.24, 2.45) is 16.3 Å². The number of carbonyl (C=O) groups is 1. The lowest BCUT2D eigenvalue weighted by atomic mass is 9.57. The Bertz CT molecular complexity index is 521. The molecule has 0 aromatic carbocycles. The molecule has 0 aromatic heterocycles. The molecular weight excluding hydrogens is 447 g/mol. The maximum atomic E-state index is 11.9. The number of nitrogens with zero attached hydrogens (tertiary/aromatic N) is 2. The van der Waals surface area contributed by atoms with Crippen LogP contribution < -0.4 is 10.6 Å². The summed E-state index contributed by atoms with van der Waals surface area (Å²) in [4.78, 5) is 18.1. The van der Waals surface area contributed by atoms with Crippen molar-refractivity contribution in [2.75, 3.05) is 40.5 Å². The highest BCUT2D eigenvalue weighted by Gasteiger charge is 2.59. The molecule has 1 saturated carbocycles. The number of likely N-dealkylation sites (N-methyl/N-ethyl adjacent to an activating group) is 1. The molecule has 0 aromatic rings. The van der Waals surface area contributed by atoms with Crippen molar-refractivity contribution in [1.29, 1.82) is 0 Å². The van der Waals surface area contributed by atoms with Crippen molar-refractivity contribution < 1.29 is 14.3 Å². The first-order valence-corrected chi connectivity index (χ1v) is 9.36. The van der Waals surface area contributed by atoms with E-state index in [4.69, 9.17) is 9.47 Å². The molecule has 2 saturated heterocycles. The van der Waals surface area contributed by atoms with Gasteiger partial charge in [-0.25, -0.2) is 4.99 Å². The van der Waals surface area contributed by atoms with E-state index in [1.807, 2.05) is 0 Å². The summed E-state index contributed by atoms with van der Waals surface area (Å²) in [5, 5.41) is 7.12. The quantitative estimate of drug-likeness (QED) is 0.360. The number of amides is 1. The second-order valence-corrected chi connectivity index (χ2v) is 8.17. The second-order valence-electron chi connectivity index (χ2n) is 8.17. The normalized spacial score (nSPS) is 30.6. The zero-order valence-electron chi connectivity index (χ0n) is 16.3. The molecule has 8 heteroatoms. The fraction of sp³-hybridized carbons (Fsp3) is 0.889. The Hall–Kier alpha value is -0.610. The Morgan fingerprint density at radius 1 is 1.15 bits per heavy atom. The first-order chi connectivity index (χ1) is 11.9. The third kappa shape index (κ3) is 4.62. The topological polar surface area (TPSA) is 75.2 Å². The Morgan fingerprint density at radius 2 is 1.85 bits per heavy atom. The molecule has 1 amide bonds. The minimum Gasteiger partial charge on any atom is -0.381 e. The van der Waals surface area contributed by atoms with Gasteiger partial charge in [0.1, 0.15) is 6.54 Å². The summed E-state index contributed by atoms with van der Waals surface area (Å²) in [5.41, 5.74) is 0.0743. The zero-order chi connectivity index (χ0) is 18.0. The van der Waals surface area contributed by atoms with E-state index in [0.29, 0.717) is 24.1 Å². The SMILES string of the molecule is CN(C)C(=O)CN=C(NC1CCOCC1)NC1C2CCOC2C1(C)C.I. The predicted octanol–water partition coefficient (Wildman–Crippen LogP) is 1.22. The largest absolute Gasteiger partial charge is 0.381 e. The van der Waals surface area contributed by atoms with Crippen LogP contribution in [0.25, 0.3) is 0 Å². The van der Waals surface area contributed by atoms with Crippen LogP contribution in [0.1, 0.15) is 33.1 Å². The predicted molar refractivity (Wildman–Crippen MR) is 112 cm³/mol. The lowest BCUT2D eigenvalue weighted by Crippen LogP contribution is -2.68. The number of rotatable bonds is 4. The second kappa shape index (κ2) is 9.05. The van der Waals surface area contributed by atoms with E-state index in [-0.39, 0.29) is 41.8 Å². The van der Waals surface area contributed by atoms with Gasteiger partial charge in [0, 0.05) is 57.3 Å². The van der Waals surface area contributed by atoms with E-state index < -0.39 is 0 Å². The van der Waals surface area contributed by atoms with Crippen molar-refractivity contribution in [1.82, 2.24) is 15.5 Å². The first-order valence-electron chi connectivity index (χ1n) is 9.36. The standard InChI is InChI=1S/C18H32N4O3.HI/c1-18(2)15(13-7-10-25-16(13)18)21-17(19-11-14(23)22(3)4)20-12-5-8-24-9-6-12;/h12-13,15-16H,5-11H2,1-4H3,(H2,19,20,21);1H. The van der Waals surface area contributed by atoms with Gasteiger partial charge in [-0.05, 0) is 19.3 Å². The number of guanidine groups is 1. The lowest BCUT2D eigenvalue weighted by Gasteiger charge is -2.55. The molecule has 150 valence electrons. The summed E-state index contributed by atoms with van der Waals surface area (Å²) in [5.74, 6) is 1.27. The summed E-state index contributed by atoms with van der Waals surface area (Å²) < 4.78 is 11.3. The maximum Gasteiger partial charge on any atom is 0.243 e. The summed E-state index contributed by atoms with van der Waals surface area (Å²) in [6.07, 6.45) is 3.35. The Labute approximate surface area is 173 Å². The highest BCUT2D eigenvalue weighted by Crippen LogP contribution is 2.52. The molecular formula is C18H33IN4O3. The highest BCUT2D eigenvalue weighted by atomic mass is 127. The van der Waals surface area contributed by atoms with Gasteiger partial charge in [0.15, 0.2) is 5.96 Å². The minimum atomic E-state index is 0. The van der Waals surface area contributed by atoms with E-state index in [2.05, 4.69) is 29.5 Å².